The molecule has 0 saturated carbocycles. The number of amides is 1. The van der Waals surface area contributed by atoms with Gasteiger partial charge >= 0.3 is 5.97 Å². The van der Waals surface area contributed by atoms with Crippen LogP contribution >= 0.6 is 11.6 Å². The molecule has 0 aliphatic rings. The minimum Gasteiger partial charge on any atom is -0.490 e. The molecule has 7 nitrogen and oxygen atoms in total. The van der Waals surface area contributed by atoms with Gasteiger partial charge in [0.2, 0.25) is 5.75 Å². The highest BCUT2D eigenvalue weighted by Gasteiger charge is 2.20. The third kappa shape index (κ3) is 7.03. The topological polar surface area (TPSA) is 83.1 Å². The predicted octanol–water partition coefficient (Wildman–Crippen LogP) is 4.15. The van der Waals surface area contributed by atoms with Crippen LogP contribution in [0.3, 0.4) is 0 Å². The fourth-order valence-electron chi connectivity index (χ4n) is 2.63. The highest BCUT2D eigenvalue weighted by atomic mass is 35.5. The average Bonchev–Trinajstić information content (AvgIpc) is 2.73. The van der Waals surface area contributed by atoms with Crippen LogP contribution in [0.15, 0.2) is 30.3 Å². The minimum absolute atomic E-state index is 0.0710. The van der Waals surface area contributed by atoms with Crippen molar-refractivity contribution in [1.29, 1.82) is 0 Å². The summed E-state index contributed by atoms with van der Waals surface area (Å²) in [6, 6.07) is 6.83. The smallest absolute Gasteiger partial charge is 0.338 e. The van der Waals surface area contributed by atoms with Crippen LogP contribution in [-0.4, -0.2) is 38.3 Å². The number of benzene rings is 2. The van der Waals surface area contributed by atoms with Gasteiger partial charge in [0.05, 0.1) is 25.4 Å². The number of esters is 1. The molecular formula is C22H25ClFNO6. The van der Waals surface area contributed by atoms with Crippen molar-refractivity contribution in [1.82, 2.24) is 5.32 Å². The van der Waals surface area contributed by atoms with Crippen LogP contribution in [0.2, 0.25) is 5.02 Å². The maximum absolute atomic E-state index is 13.1. The maximum Gasteiger partial charge on any atom is 0.338 e. The molecule has 2 rings (SSSR count). The molecule has 0 spiro atoms. The average molecular weight is 454 g/mol. The normalized spacial score (nSPS) is 10.4. The number of halogens is 2. The largest absolute Gasteiger partial charge is 0.490 e. The van der Waals surface area contributed by atoms with Gasteiger partial charge in [-0.2, -0.15) is 0 Å². The van der Waals surface area contributed by atoms with Crippen molar-refractivity contribution in [2.24, 2.45) is 0 Å². The lowest BCUT2D eigenvalue weighted by Gasteiger charge is -2.16. The highest BCUT2D eigenvalue weighted by Crippen LogP contribution is 2.39. The zero-order valence-corrected chi connectivity index (χ0v) is 18.4. The Balaban J connectivity index is 2.04. The standard InChI is InChI=1S/C22H25ClFNO6/c1-4-28-18-9-15(10-19(29-5-2)21(18)30-6-3)22(27)31-13-20(26)25-12-14-7-8-16(24)11-17(14)23/h7-11H,4-6,12-13H2,1-3H3,(H,25,26). The van der Waals surface area contributed by atoms with Crippen molar-refractivity contribution in [2.75, 3.05) is 26.4 Å². The monoisotopic (exact) mass is 453 g/mol. The van der Waals surface area contributed by atoms with Crippen LogP contribution < -0.4 is 19.5 Å². The molecule has 1 amide bonds. The van der Waals surface area contributed by atoms with Gasteiger partial charge in [0.1, 0.15) is 5.82 Å². The third-order valence-electron chi connectivity index (χ3n) is 3.97. The van der Waals surface area contributed by atoms with Gasteiger partial charge in [0, 0.05) is 11.6 Å². The van der Waals surface area contributed by atoms with Crippen LogP contribution in [0.1, 0.15) is 36.7 Å². The Morgan fingerprint density at radius 3 is 2.13 bits per heavy atom. The number of ether oxygens (including phenoxy) is 4. The Hall–Kier alpha value is -3.00. The van der Waals surface area contributed by atoms with E-state index in [2.05, 4.69) is 5.32 Å². The Bertz CT molecular complexity index is 894. The number of hydrogen-bond acceptors (Lipinski definition) is 6. The van der Waals surface area contributed by atoms with E-state index in [1.807, 2.05) is 6.92 Å². The van der Waals surface area contributed by atoms with E-state index in [1.165, 1.54) is 24.3 Å². The molecule has 31 heavy (non-hydrogen) atoms. The summed E-state index contributed by atoms with van der Waals surface area (Å²) in [5.41, 5.74) is 0.696. The summed E-state index contributed by atoms with van der Waals surface area (Å²) < 4.78 is 34.9. The van der Waals surface area contributed by atoms with Crippen LogP contribution in [0.5, 0.6) is 17.2 Å². The van der Waals surface area contributed by atoms with E-state index in [0.29, 0.717) is 42.6 Å². The van der Waals surface area contributed by atoms with Crippen LogP contribution in [0.4, 0.5) is 4.39 Å². The molecule has 0 aliphatic heterocycles. The summed E-state index contributed by atoms with van der Waals surface area (Å²) in [5.74, 6) is -0.635. The summed E-state index contributed by atoms with van der Waals surface area (Å²) in [5, 5.41) is 2.76. The Labute approximate surface area is 185 Å². The van der Waals surface area contributed by atoms with E-state index in [9.17, 15) is 14.0 Å². The molecule has 0 radical (unpaired) electrons. The van der Waals surface area contributed by atoms with Crippen molar-refractivity contribution in [3.05, 3.63) is 52.3 Å². The van der Waals surface area contributed by atoms with Crippen molar-refractivity contribution >= 4 is 23.5 Å². The van der Waals surface area contributed by atoms with Crippen molar-refractivity contribution < 1.29 is 32.9 Å². The summed E-state index contributed by atoms with van der Waals surface area (Å²) in [6.07, 6.45) is 0. The third-order valence-corrected chi connectivity index (χ3v) is 4.32. The predicted molar refractivity (Wildman–Crippen MR) is 113 cm³/mol. The van der Waals surface area contributed by atoms with Gasteiger partial charge in [0.15, 0.2) is 18.1 Å². The second-order valence-corrected chi connectivity index (χ2v) is 6.60. The number of hydrogen-bond donors (Lipinski definition) is 1. The molecule has 0 saturated heterocycles. The Morgan fingerprint density at radius 1 is 0.968 bits per heavy atom. The van der Waals surface area contributed by atoms with Gasteiger partial charge in [-0.05, 0) is 50.6 Å². The SMILES string of the molecule is CCOc1cc(C(=O)OCC(=O)NCc2ccc(F)cc2Cl)cc(OCC)c1OCC. The zero-order valence-electron chi connectivity index (χ0n) is 17.6. The molecule has 0 unspecified atom stereocenters. The highest BCUT2D eigenvalue weighted by molar-refractivity contribution is 6.31. The fourth-order valence-corrected chi connectivity index (χ4v) is 2.86. The lowest BCUT2D eigenvalue weighted by Crippen LogP contribution is -2.28. The number of carbonyl (C=O) groups is 2. The van der Waals surface area contributed by atoms with Crippen molar-refractivity contribution in [3.63, 3.8) is 0 Å². The van der Waals surface area contributed by atoms with Crippen LogP contribution in [0, 0.1) is 5.82 Å². The molecule has 0 aliphatic carbocycles. The second kappa shape index (κ2) is 12.0. The molecule has 0 bridgehead atoms. The van der Waals surface area contributed by atoms with E-state index < -0.39 is 24.3 Å². The van der Waals surface area contributed by atoms with Crippen LogP contribution in [-0.2, 0) is 16.1 Å². The number of nitrogens with one attached hydrogen (secondary N) is 1. The van der Waals surface area contributed by atoms with Gasteiger partial charge in [-0.1, -0.05) is 17.7 Å². The molecule has 0 atom stereocenters. The second-order valence-electron chi connectivity index (χ2n) is 6.19. The van der Waals surface area contributed by atoms with E-state index in [0.717, 1.165) is 6.07 Å². The van der Waals surface area contributed by atoms with Crippen molar-refractivity contribution in [2.45, 2.75) is 27.3 Å². The Morgan fingerprint density at radius 2 is 1.58 bits per heavy atom. The molecule has 2 aromatic rings. The number of rotatable bonds is 11. The zero-order chi connectivity index (χ0) is 22.8. The van der Waals surface area contributed by atoms with Gasteiger partial charge in [-0.3, -0.25) is 4.79 Å². The Kier molecular flexibility index (Phi) is 9.40. The van der Waals surface area contributed by atoms with E-state index >= 15 is 0 Å². The lowest BCUT2D eigenvalue weighted by molar-refractivity contribution is -0.124. The van der Waals surface area contributed by atoms with Gasteiger partial charge in [0.25, 0.3) is 5.91 Å². The lowest BCUT2D eigenvalue weighted by atomic mass is 10.2. The van der Waals surface area contributed by atoms with E-state index in [4.69, 9.17) is 30.5 Å². The summed E-state index contributed by atoms with van der Waals surface area (Å²) in [7, 11) is 0. The maximum atomic E-state index is 13.1. The molecule has 0 heterocycles. The molecular weight excluding hydrogens is 429 g/mol. The summed E-state index contributed by atoms with van der Waals surface area (Å²) in [6.45, 7) is 6.11. The number of carbonyl (C=O) groups excluding carboxylic acids is 2. The molecule has 168 valence electrons. The first-order chi connectivity index (χ1) is 14.9. The molecule has 0 aromatic heterocycles. The summed E-state index contributed by atoms with van der Waals surface area (Å²) >= 11 is 5.93. The first-order valence-corrected chi connectivity index (χ1v) is 10.2. The first-order valence-electron chi connectivity index (χ1n) is 9.83. The minimum atomic E-state index is -0.722. The van der Waals surface area contributed by atoms with Crippen LogP contribution in [0.25, 0.3) is 0 Å². The molecule has 0 fully saturated rings. The molecule has 9 heteroatoms. The van der Waals surface area contributed by atoms with Gasteiger partial charge in [-0.15, -0.1) is 0 Å². The van der Waals surface area contributed by atoms with Gasteiger partial charge < -0.3 is 24.3 Å². The van der Waals surface area contributed by atoms with E-state index in [1.54, 1.807) is 13.8 Å². The van der Waals surface area contributed by atoms with E-state index in [-0.39, 0.29) is 17.1 Å². The molecule has 2 aromatic carbocycles. The van der Waals surface area contributed by atoms with Crippen molar-refractivity contribution in [3.8, 4) is 17.2 Å². The fraction of sp³-hybridized carbons (Fsp3) is 0.364. The first kappa shape index (κ1) is 24.3. The quantitative estimate of drug-likeness (QED) is 0.515. The van der Waals surface area contributed by atoms with Gasteiger partial charge in [-0.25, -0.2) is 9.18 Å². The molecule has 1 N–H and O–H groups in total. The summed E-state index contributed by atoms with van der Waals surface area (Å²) in [4.78, 5) is 24.5.